The maximum absolute atomic E-state index is 6.22. The summed E-state index contributed by atoms with van der Waals surface area (Å²) in [6.07, 6.45) is 4.35. The highest BCUT2D eigenvalue weighted by atomic mass is 35.5. The highest BCUT2D eigenvalue weighted by Gasteiger charge is 2.15. The molecule has 1 atom stereocenters. The van der Waals surface area contributed by atoms with Gasteiger partial charge >= 0.3 is 0 Å². The topological polar surface area (TPSA) is 17.0 Å². The Morgan fingerprint density at radius 2 is 1.95 bits per heavy atom. The van der Waals surface area contributed by atoms with Crippen LogP contribution in [-0.4, -0.2) is 11.1 Å². The number of hydrogen-bond donors (Lipinski definition) is 1. The van der Waals surface area contributed by atoms with Gasteiger partial charge in [0, 0.05) is 30.0 Å². The van der Waals surface area contributed by atoms with Gasteiger partial charge in [0.25, 0.3) is 0 Å². The molecule has 0 saturated heterocycles. The lowest BCUT2D eigenvalue weighted by atomic mass is 9.98. The van der Waals surface area contributed by atoms with Gasteiger partial charge < -0.3 is 9.88 Å². The zero-order valence-electron chi connectivity index (χ0n) is 12.4. The van der Waals surface area contributed by atoms with Gasteiger partial charge in [-0.15, -0.1) is 0 Å². The van der Waals surface area contributed by atoms with Crippen molar-refractivity contribution in [3.63, 3.8) is 0 Å². The number of nitrogens with one attached hydrogen (secondary N) is 1. The van der Waals surface area contributed by atoms with E-state index in [4.69, 9.17) is 11.6 Å². The largest absolute Gasteiger partial charge is 0.350 e. The van der Waals surface area contributed by atoms with Gasteiger partial charge in [0.15, 0.2) is 0 Å². The minimum Gasteiger partial charge on any atom is -0.350 e. The number of aromatic nitrogens is 1. The molecule has 1 aromatic carbocycles. The lowest BCUT2D eigenvalue weighted by molar-refractivity contribution is 0.421. The van der Waals surface area contributed by atoms with E-state index >= 15 is 0 Å². The van der Waals surface area contributed by atoms with Gasteiger partial charge in [-0.3, -0.25) is 0 Å². The third-order valence-electron chi connectivity index (χ3n) is 3.53. The summed E-state index contributed by atoms with van der Waals surface area (Å²) in [4.78, 5) is 0. The molecule has 2 rings (SSSR count). The van der Waals surface area contributed by atoms with E-state index < -0.39 is 0 Å². The molecule has 1 heterocycles. The van der Waals surface area contributed by atoms with E-state index in [2.05, 4.69) is 55.2 Å². The second-order valence-electron chi connectivity index (χ2n) is 5.49. The van der Waals surface area contributed by atoms with Crippen LogP contribution in [0.15, 0.2) is 42.7 Å². The Hall–Kier alpha value is -1.25. The molecule has 0 fully saturated rings. The summed E-state index contributed by atoms with van der Waals surface area (Å²) in [5.74, 6) is 0.575. The molecule has 2 nitrogen and oxygen atoms in total. The van der Waals surface area contributed by atoms with Crippen molar-refractivity contribution in [1.82, 2.24) is 9.88 Å². The Labute approximate surface area is 126 Å². The summed E-state index contributed by atoms with van der Waals surface area (Å²) in [5.41, 5.74) is 2.50. The normalized spacial score (nSPS) is 12.8. The SMILES string of the molecule is CCNC(c1ccn(Cc2ccccc2Cl)c1)C(C)C. The molecule has 1 aromatic heterocycles. The Morgan fingerprint density at radius 3 is 2.60 bits per heavy atom. The monoisotopic (exact) mass is 290 g/mol. The van der Waals surface area contributed by atoms with Crippen molar-refractivity contribution < 1.29 is 0 Å². The number of halogens is 1. The number of nitrogens with zero attached hydrogens (tertiary/aromatic N) is 1. The van der Waals surface area contributed by atoms with Gasteiger partial charge in [0.1, 0.15) is 0 Å². The zero-order valence-corrected chi connectivity index (χ0v) is 13.2. The minimum atomic E-state index is 0.410. The molecule has 1 unspecified atom stereocenters. The van der Waals surface area contributed by atoms with Crippen LogP contribution in [0, 0.1) is 5.92 Å². The van der Waals surface area contributed by atoms with Crippen molar-refractivity contribution in [1.29, 1.82) is 0 Å². The van der Waals surface area contributed by atoms with E-state index in [1.807, 2.05) is 18.2 Å². The van der Waals surface area contributed by atoms with Crippen molar-refractivity contribution in [3.05, 3.63) is 58.9 Å². The van der Waals surface area contributed by atoms with Gasteiger partial charge in [0.05, 0.1) is 0 Å². The molecule has 0 aliphatic rings. The van der Waals surface area contributed by atoms with Gasteiger partial charge in [0.2, 0.25) is 0 Å². The first-order chi connectivity index (χ1) is 9.61. The maximum atomic E-state index is 6.22. The molecule has 0 amide bonds. The molecule has 0 aliphatic heterocycles. The first-order valence-corrected chi connectivity index (χ1v) is 7.62. The molecule has 0 saturated carbocycles. The van der Waals surface area contributed by atoms with E-state index in [1.165, 1.54) is 5.56 Å². The van der Waals surface area contributed by atoms with E-state index in [0.29, 0.717) is 12.0 Å². The van der Waals surface area contributed by atoms with E-state index in [0.717, 1.165) is 23.7 Å². The third kappa shape index (κ3) is 3.65. The summed E-state index contributed by atoms with van der Waals surface area (Å²) >= 11 is 6.22. The maximum Gasteiger partial charge on any atom is 0.0485 e. The third-order valence-corrected chi connectivity index (χ3v) is 3.90. The molecule has 2 aromatic rings. The fraction of sp³-hybridized carbons (Fsp3) is 0.412. The average molecular weight is 291 g/mol. The fourth-order valence-electron chi connectivity index (χ4n) is 2.52. The summed E-state index contributed by atoms with van der Waals surface area (Å²) in [6, 6.07) is 10.6. The second kappa shape index (κ2) is 6.96. The van der Waals surface area contributed by atoms with Crippen molar-refractivity contribution in [2.45, 2.75) is 33.4 Å². The van der Waals surface area contributed by atoms with Crippen LogP contribution >= 0.6 is 11.6 Å². The standard InChI is InChI=1S/C17H23ClN2/c1-4-19-17(13(2)3)15-9-10-20(12-15)11-14-7-5-6-8-16(14)18/h5-10,12-13,17,19H,4,11H2,1-3H3. The molecule has 0 bridgehead atoms. The molecule has 108 valence electrons. The molecular formula is C17H23ClN2. The van der Waals surface area contributed by atoms with Crippen LogP contribution in [0.4, 0.5) is 0 Å². The van der Waals surface area contributed by atoms with Gasteiger partial charge in [-0.25, -0.2) is 0 Å². The molecule has 0 aliphatic carbocycles. The zero-order chi connectivity index (χ0) is 14.5. The average Bonchev–Trinajstić information content (AvgIpc) is 2.86. The predicted octanol–water partition coefficient (Wildman–Crippen LogP) is 4.50. The minimum absolute atomic E-state index is 0.410. The van der Waals surface area contributed by atoms with Crippen molar-refractivity contribution in [2.24, 2.45) is 5.92 Å². The van der Waals surface area contributed by atoms with Crippen LogP contribution < -0.4 is 5.32 Å². The summed E-state index contributed by atoms with van der Waals surface area (Å²) in [7, 11) is 0. The molecule has 3 heteroatoms. The van der Waals surface area contributed by atoms with Crippen LogP contribution in [0.1, 0.15) is 37.9 Å². The van der Waals surface area contributed by atoms with Crippen LogP contribution in [0.25, 0.3) is 0 Å². The number of hydrogen-bond acceptors (Lipinski definition) is 1. The van der Waals surface area contributed by atoms with Crippen molar-refractivity contribution in [3.8, 4) is 0 Å². The van der Waals surface area contributed by atoms with E-state index in [1.54, 1.807) is 0 Å². The van der Waals surface area contributed by atoms with Gasteiger partial charge in [-0.2, -0.15) is 0 Å². The quantitative estimate of drug-likeness (QED) is 0.829. The molecule has 20 heavy (non-hydrogen) atoms. The van der Waals surface area contributed by atoms with Crippen LogP contribution in [0.2, 0.25) is 5.02 Å². The first kappa shape index (κ1) is 15.1. The number of rotatable bonds is 6. The molecule has 0 spiro atoms. The highest BCUT2D eigenvalue weighted by Crippen LogP contribution is 2.23. The smallest absolute Gasteiger partial charge is 0.0485 e. The van der Waals surface area contributed by atoms with Crippen LogP contribution in [0.3, 0.4) is 0 Å². The Bertz CT molecular complexity index is 545. The molecule has 0 radical (unpaired) electrons. The summed E-state index contributed by atoms with van der Waals surface area (Å²) in [5, 5.41) is 4.38. The van der Waals surface area contributed by atoms with Crippen LogP contribution in [-0.2, 0) is 6.54 Å². The second-order valence-corrected chi connectivity index (χ2v) is 5.90. The van der Waals surface area contributed by atoms with Crippen molar-refractivity contribution in [2.75, 3.05) is 6.54 Å². The van der Waals surface area contributed by atoms with Gasteiger partial charge in [-0.1, -0.05) is 50.6 Å². The lowest BCUT2D eigenvalue weighted by Gasteiger charge is -2.20. The van der Waals surface area contributed by atoms with Crippen molar-refractivity contribution >= 4 is 11.6 Å². The van der Waals surface area contributed by atoms with Gasteiger partial charge in [-0.05, 0) is 35.7 Å². The van der Waals surface area contributed by atoms with E-state index in [9.17, 15) is 0 Å². The Kier molecular flexibility index (Phi) is 5.27. The fourth-order valence-corrected chi connectivity index (χ4v) is 2.72. The molecule has 1 N–H and O–H groups in total. The predicted molar refractivity (Wildman–Crippen MR) is 86.2 cm³/mol. The summed E-state index contributed by atoms with van der Waals surface area (Å²) in [6.45, 7) is 8.45. The number of benzene rings is 1. The van der Waals surface area contributed by atoms with E-state index in [-0.39, 0.29) is 0 Å². The Balaban J connectivity index is 2.14. The lowest BCUT2D eigenvalue weighted by Crippen LogP contribution is -2.25. The Morgan fingerprint density at radius 1 is 1.20 bits per heavy atom. The first-order valence-electron chi connectivity index (χ1n) is 7.24. The molecular weight excluding hydrogens is 268 g/mol. The van der Waals surface area contributed by atoms with Crippen LogP contribution in [0.5, 0.6) is 0 Å². The summed E-state index contributed by atoms with van der Waals surface area (Å²) < 4.78 is 2.20. The highest BCUT2D eigenvalue weighted by molar-refractivity contribution is 6.31.